The minimum Gasteiger partial charge on any atom is -0.245 e. The van der Waals surface area contributed by atoms with Crippen LogP contribution in [0, 0.1) is 5.82 Å². The molecule has 4 aromatic rings. The summed E-state index contributed by atoms with van der Waals surface area (Å²) in [6.45, 7) is 0. The first kappa shape index (κ1) is 17.1. The van der Waals surface area contributed by atoms with E-state index in [2.05, 4.69) is 20.5 Å². The minimum absolute atomic E-state index is 0.316. The van der Waals surface area contributed by atoms with Crippen molar-refractivity contribution in [2.24, 2.45) is 5.10 Å². The van der Waals surface area contributed by atoms with Gasteiger partial charge in [-0.05, 0) is 35.9 Å². The number of nitrogens with zero attached hydrogens (tertiary/aromatic N) is 3. The van der Waals surface area contributed by atoms with E-state index in [0.29, 0.717) is 16.5 Å². The molecule has 1 aromatic heterocycles. The highest BCUT2D eigenvalue weighted by atomic mass is 35.5. The number of hydrazone groups is 1. The topological polar surface area (TPSA) is 50.2 Å². The Morgan fingerprint density at radius 2 is 1.78 bits per heavy atom. The number of nitrogens with one attached hydrogen (secondary N) is 1. The number of aromatic nitrogens is 2. The number of rotatable bonds is 4. The van der Waals surface area contributed by atoms with Crippen LogP contribution in [-0.2, 0) is 0 Å². The first-order valence-corrected chi connectivity index (χ1v) is 8.64. The molecular weight excluding hydrogens is 363 g/mol. The fourth-order valence-corrected chi connectivity index (χ4v) is 2.89. The summed E-state index contributed by atoms with van der Waals surface area (Å²) in [4.78, 5) is 9.07. The number of hydrogen-bond donors (Lipinski definition) is 1. The lowest BCUT2D eigenvalue weighted by Crippen LogP contribution is -2.00. The van der Waals surface area contributed by atoms with Crippen molar-refractivity contribution in [2.75, 3.05) is 5.43 Å². The van der Waals surface area contributed by atoms with Gasteiger partial charge in [-0.3, -0.25) is 0 Å². The molecule has 0 unspecified atom stereocenters. The van der Waals surface area contributed by atoms with Gasteiger partial charge >= 0.3 is 0 Å². The highest BCUT2D eigenvalue weighted by Crippen LogP contribution is 2.29. The molecule has 0 saturated heterocycles. The highest BCUT2D eigenvalue weighted by molar-refractivity contribution is 6.31. The molecule has 0 aliphatic carbocycles. The number of anilines is 1. The Balaban J connectivity index is 1.72. The zero-order chi connectivity index (χ0) is 18.6. The number of benzene rings is 3. The molecule has 0 bridgehead atoms. The number of halogens is 2. The molecule has 1 heterocycles. The van der Waals surface area contributed by atoms with Crippen molar-refractivity contribution in [3.63, 3.8) is 0 Å². The monoisotopic (exact) mass is 376 g/mol. The Kier molecular flexibility index (Phi) is 4.77. The Hall–Kier alpha value is -3.31. The zero-order valence-electron chi connectivity index (χ0n) is 14.1. The predicted octanol–water partition coefficient (Wildman–Crippen LogP) is 5.54. The van der Waals surface area contributed by atoms with E-state index < -0.39 is 0 Å². The second-order valence-corrected chi connectivity index (χ2v) is 6.28. The summed E-state index contributed by atoms with van der Waals surface area (Å²) in [5.41, 5.74) is 5.91. The van der Waals surface area contributed by atoms with E-state index in [1.54, 1.807) is 18.2 Å². The standard InChI is InChI=1S/C21H14ClFN4/c22-16-9-10-19-18(12-16)20(15-6-2-1-3-7-15)26-21(25-19)27-24-13-14-5-4-8-17(23)11-14/h1-13H,(H,25,26,27). The van der Waals surface area contributed by atoms with Crippen molar-refractivity contribution in [3.8, 4) is 11.3 Å². The van der Waals surface area contributed by atoms with Gasteiger partial charge < -0.3 is 0 Å². The van der Waals surface area contributed by atoms with Crippen molar-refractivity contribution >= 4 is 34.7 Å². The fraction of sp³-hybridized carbons (Fsp3) is 0. The van der Waals surface area contributed by atoms with Crippen molar-refractivity contribution in [1.82, 2.24) is 9.97 Å². The van der Waals surface area contributed by atoms with Gasteiger partial charge in [0.1, 0.15) is 5.82 Å². The summed E-state index contributed by atoms with van der Waals surface area (Å²) in [6, 6.07) is 21.4. The van der Waals surface area contributed by atoms with E-state index in [1.165, 1.54) is 18.3 Å². The van der Waals surface area contributed by atoms with Crippen LogP contribution in [0.4, 0.5) is 10.3 Å². The Morgan fingerprint density at radius 3 is 2.59 bits per heavy atom. The average Bonchev–Trinajstić information content (AvgIpc) is 2.68. The summed E-state index contributed by atoms with van der Waals surface area (Å²) in [5, 5.41) is 5.59. The van der Waals surface area contributed by atoms with Crippen LogP contribution >= 0.6 is 11.6 Å². The van der Waals surface area contributed by atoms with Crippen LogP contribution < -0.4 is 5.43 Å². The summed E-state index contributed by atoms with van der Waals surface area (Å²) in [5.74, 6) is 0.0282. The Bertz CT molecular complexity index is 1130. The van der Waals surface area contributed by atoms with Gasteiger partial charge in [-0.2, -0.15) is 5.10 Å². The smallest absolute Gasteiger partial charge is 0.244 e. The molecule has 1 N–H and O–H groups in total. The SMILES string of the molecule is Fc1cccc(C=NNc2nc(-c3ccccc3)c3cc(Cl)ccc3n2)c1. The third-order valence-electron chi connectivity index (χ3n) is 3.93. The van der Waals surface area contributed by atoms with Gasteiger partial charge in [-0.25, -0.2) is 19.8 Å². The molecule has 0 fully saturated rings. The molecule has 0 spiro atoms. The van der Waals surface area contributed by atoms with E-state index in [4.69, 9.17) is 11.6 Å². The molecule has 27 heavy (non-hydrogen) atoms. The number of hydrogen-bond acceptors (Lipinski definition) is 4. The predicted molar refractivity (Wildman–Crippen MR) is 108 cm³/mol. The number of fused-ring (bicyclic) bond motifs is 1. The fourth-order valence-electron chi connectivity index (χ4n) is 2.72. The Morgan fingerprint density at radius 1 is 0.926 bits per heavy atom. The molecule has 0 radical (unpaired) electrons. The van der Waals surface area contributed by atoms with E-state index in [1.807, 2.05) is 42.5 Å². The van der Waals surface area contributed by atoms with Gasteiger partial charge in [0.2, 0.25) is 5.95 Å². The molecule has 4 rings (SSSR count). The molecule has 3 aromatic carbocycles. The van der Waals surface area contributed by atoms with Crippen molar-refractivity contribution in [1.29, 1.82) is 0 Å². The van der Waals surface area contributed by atoms with Gasteiger partial charge in [0.25, 0.3) is 0 Å². The van der Waals surface area contributed by atoms with Gasteiger partial charge in [-0.1, -0.05) is 54.1 Å². The molecule has 0 aliphatic rings. The van der Waals surface area contributed by atoms with E-state index in [0.717, 1.165) is 22.2 Å². The Labute approximate surface area is 160 Å². The van der Waals surface area contributed by atoms with Crippen LogP contribution in [0.25, 0.3) is 22.2 Å². The maximum Gasteiger partial charge on any atom is 0.244 e. The van der Waals surface area contributed by atoms with Gasteiger partial charge in [0.15, 0.2) is 0 Å². The van der Waals surface area contributed by atoms with E-state index in [-0.39, 0.29) is 5.82 Å². The molecule has 0 amide bonds. The van der Waals surface area contributed by atoms with Gasteiger partial charge in [0.05, 0.1) is 17.4 Å². The van der Waals surface area contributed by atoms with Crippen LogP contribution in [0.2, 0.25) is 5.02 Å². The van der Waals surface area contributed by atoms with Crippen molar-refractivity contribution in [2.45, 2.75) is 0 Å². The van der Waals surface area contributed by atoms with Crippen LogP contribution in [-0.4, -0.2) is 16.2 Å². The lowest BCUT2D eigenvalue weighted by atomic mass is 10.1. The first-order valence-electron chi connectivity index (χ1n) is 8.26. The molecule has 132 valence electrons. The molecule has 6 heteroatoms. The second-order valence-electron chi connectivity index (χ2n) is 5.85. The molecular formula is C21H14ClFN4. The van der Waals surface area contributed by atoms with Crippen LogP contribution in [0.5, 0.6) is 0 Å². The van der Waals surface area contributed by atoms with Crippen molar-refractivity contribution in [3.05, 3.63) is 89.2 Å². The summed E-state index contributed by atoms with van der Waals surface area (Å²) < 4.78 is 13.2. The quantitative estimate of drug-likeness (QED) is 0.376. The summed E-state index contributed by atoms with van der Waals surface area (Å²) >= 11 is 6.16. The zero-order valence-corrected chi connectivity index (χ0v) is 14.9. The van der Waals surface area contributed by atoms with E-state index >= 15 is 0 Å². The molecule has 0 atom stereocenters. The summed E-state index contributed by atoms with van der Waals surface area (Å²) in [7, 11) is 0. The van der Waals surface area contributed by atoms with E-state index in [9.17, 15) is 4.39 Å². The van der Waals surface area contributed by atoms with Gasteiger partial charge in [-0.15, -0.1) is 0 Å². The van der Waals surface area contributed by atoms with Gasteiger partial charge in [0, 0.05) is 16.0 Å². The highest BCUT2D eigenvalue weighted by Gasteiger charge is 2.10. The lowest BCUT2D eigenvalue weighted by molar-refractivity contribution is 0.627. The molecule has 0 aliphatic heterocycles. The van der Waals surface area contributed by atoms with Crippen molar-refractivity contribution < 1.29 is 4.39 Å². The maximum absolute atomic E-state index is 13.2. The molecule has 0 saturated carbocycles. The normalized spacial score (nSPS) is 11.2. The van der Waals surface area contributed by atoms with Crippen LogP contribution in [0.15, 0.2) is 77.9 Å². The largest absolute Gasteiger partial charge is 0.245 e. The maximum atomic E-state index is 13.2. The van der Waals surface area contributed by atoms with Crippen LogP contribution in [0.3, 0.4) is 0 Å². The first-order chi connectivity index (χ1) is 13.2. The minimum atomic E-state index is -0.316. The third-order valence-corrected chi connectivity index (χ3v) is 4.17. The summed E-state index contributed by atoms with van der Waals surface area (Å²) in [6.07, 6.45) is 1.51. The van der Waals surface area contributed by atoms with Crippen LogP contribution in [0.1, 0.15) is 5.56 Å². The lowest BCUT2D eigenvalue weighted by Gasteiger charge is -2.09. The second kappa shape index (κ2) is 7.51. The molecule has 4 nitrogen and oxygen atoms in total. The third kappa shape index (κ3) is 3.93. The average molecular weight is 377 g/mol.